The molecular formula is C10H20N4O3S. The van der Waals surface area contributed by atoms with Crippen LogP contribution in [0.1, 0.15) is 0 Å². The van der Waals surface area contributed by atoms with Gasteiger partial charge in [0, 0.05) is 33.4 Å². The van der Waals surface area contributed by atoms with Gasteiger partial charge in [0.1, 0.15) is 4.90 Å². The average Bonchev–Trinajstić information content (AvgIpc) is 2.82. The van der Waals surface area contributed by atoms with E-state index >= 15 is 0 Å². The quantitative estimate of drug-likeness (QED) is 0.684. The summed E-state index contributed by atoms with van der Waals surface area (Å²) in [6.45, 7) is 2.05. The minimum absolute atomic E-state index is 0.206. The van der Waals surface area contributed by atoms with E-state index in [2.05, 4.69) is 10.4 Å². The van der Waals surface area contributed by atoms with Crippen molar-refractivity contribution < 1.29 is 13.2 Å². The molecule has 0 spiro atoms. The zero-order valence-electron chi connectivity index (χ0n) is 11.0. The lowest BCUT2D eigenvalue weighted by molar-refractivity contribution is 0.185. The Balaban J connectivity index is 2.75. The third kappa shape index (κ3) is 3.77. The first-order chi connectivity index (χ1) is 8.52. The standard InChI is InChI=1S/C10H20N4O3S/c1-11-4-5-14-9-10(8-12-14)18(15,16)13(2)6-7-17-3/h8-9,11H,4-7H2,1-3H3. The molecule has 8 heteroatoms. The molecule has 0 aliphatic rings. The van der Waals surface area contributed by atoms with Crippen LogP contribution < -0.4 is 5.32 Å². The molecule has 0 unspecified atom stereocenters. The average molecular weight is 276 g/mol. The van der Waals surface area contributed by atoms with E-state index in [1.165, 1.54) is 30.9 Å². The van der Waals surface area contributed by atoms with Crippen molar-refractivity contribution in [1.82, 2.24) is 19.4 Å². The highest BCUT2D eigenvalue weighted by atomic mass is 32.2. The number of nitrogens with one attached hydrogen (secondary N) is 1. The molecule has 1 N–H and O–H groups in total. The number of ether oxygens (including phenoxy) is 1. The molecule has 0 aromatic carbocycles. The molecule has 0 saturated carbocycles. The Morgan fingerprint density at radius 1 is 1.56 bits per heavy atom. The zero-order chi connectivity index (χ0) is 13.6. The molecule has 0 amide bonds. The Labute approximate surface area is 108 Å². The molecule has 0 radical (unpaired) electrons. The van der Waals surface area contributed by atoms with Gasteiger partial charge in [-0.3, -0.25) is 4.68 Å². The van der Waals surface area contributed by atoms with E-state index < -0.39 is 10.0 Å². The molecule has 18 heavy (non-hydrogen) atoms. The number of hydrogen-bond donors (Lipinski definition) is 1. The Morgan fingerprint density at radius 2 is 2.28 bits per heavy atom. The second-order valence-electron chi connectivity index (χ2n) is 3.86. The van der Waals surface area contributed by atoms with Crippen molar-refractivity contribution in [2.24, 2.45) is 0 Å². The summed E-state index contributed by atoms with van der Waals surface area (Å²) < 4.78 is 32.0. The summed E-state index contributed by atoms with van der Waals surface area (Å²) in [7, 11) is 1.43. The summed E-state index contributed by atoms with van der Waals surface area (Å²) >= 11 is 0. The number of likely N-dealkylation sites (N-methyl/N-ethyl adjacent to an activating group) is 2. The molecule has 1 aromatic heterocycles. The molecule has 0 atom stereocenters. The number of sulfonamides is 1. The summed E-state index contributed by atoms with van der Waals surface area (Å²) in [5.41, 5.74) is 0. The van der Waals surface area contributed by atoms with Crippen LogP contribution in [-0.4, -0.2) is 63.4 Å². The Bertz CT molecular complexity index is 457. The number of nitrogens with zero attached hydrogens (tertiary/aromatic N) is 3. The van der Waals surface area contributed by atoms with Crippen LogP contribution in [0.5, 0.6) is 0 Å². The second kappa shape index (κ2) is 6.83. The lowest BCUT2D eigenvalue weighted by atomic mass is 10.6. The molecule has 0 fully saturated rings. The maximum Gasteiger partial charge on any atom is 0.246 e. The van der Waals surface area contributed by atoms with Crippen LogP contribution in [0, 0.1) is 0 Å². The van der Waals surface area contributed by atoms with Gasteiger partial charge in [0.2, 0.25) is 10.0 Å². The van der Waals surface area contributed by atoms with Crippen molar-refractivity contribution in [3.8, 4) is 0 Å². The molecule has 104 valence electrons. The number of methoxy groups -OCH3 is 1. The van der Waals surface area contributed by atoms with Gasteiger partial charge in [-0.1, -0.05) is 0 Å². The van der Waals surface area contributed by atoms with Gasteiger partial charge in [-0.15, -0.1) is 0 Å². The summed E-state index contributed by atoms with van der Waals surface area (Å²) in [6.07, 6.45) is 2.91. The lowest BCUT2D eigenvalue weighted by Gasteiger charge is -2.14. The zero-order valence-corrected chi connectivity index (χ0v) is 11.8. The SMILES string of the molecule is CNCCn1cc(S(=O)(=O)N(C)CCOC)cn1. The van der Waals surface area contributed by atoms with E-state index in [1.807, 2.05) is 7.05 Å². The predicted octanol–water partition coefficient (Wildman–Crippen LogP) is -0.631. The van der Waals surface area contributed by atoms with Gasteiger partial charge in [0.25, 0.3) is 0 Å². The van der Waals surface area contributed by atoms with Crippen LogP contribution in [0.4, 0.5) is 0 Å². The Morgan fingerprint density at radius 3 is 2.89 bits per heavy atom. The monoisotopic (exact) mass is 276 g/mol. The van der Waals surface area contributed by atoms with Gasteiger partial charge in [-0.25, -0.2) is 8.42 Å². The Hall–Kier alpha value is -0.960. The fourth-order valence-corrected chi connectivity index (χ4v) is 2.46. The molecule has 0 aliphatic heterocycles. The Kier molecular flexibility index (Phi) is 5.73. The lowest BCUT2D eigenvalue weighted by Crippen LogP contribution is -2.29. The summed E-state index contributed by atoms with van der Waals surface area (Å²) in [4.78, 5) is 0.206. The largest absolute Gasteiger partial charge is 0.383 e. The van der Waals surface area contributed by atoms with E-state index in [4.69, 9.17) is 4.74 Å². The van der Waals surface area contributed by atoms with Crippen molar-refractivity contribution in [1.29, 1.82) is 0 Å². The smallest absolute Gasteiger partial charge is 0.246 e. The van der Waals surface area contributed by atoms with Gasteiger partial charge in [0.15, 0.2) is 0 Å². The first kappa shape index (κ1) is 15.1. The van der Waals surface area contributed by atoms with Gasteiger partial charge < -0.3 is 10.1 Å². The van der Waals surface area contributed by atoms with Gasteiger partial charge in [-0.05, 0) is 7.05 Å². The fourth-order valence-electron chi connectivity index (χ4n) is 1.35. The number of aromatic nitrogens is 2. The molecule has 1 heterocycles. The summed E-state index contributed by atoms with van der Waals surface area (Å²) in [6, 6.07) is 0. The van der Waals surface area contributed by atoms with Crippen LogP contribution in [0.15, 0.2) is 17.3 Å². The second-order valence-corrected chi connectivity index (χ2v) is 5.91. The first-order valence-electron chi connectivity index (χ1n) is 5.64. The molecule has 7 nitrogen and oxygen atoms in total. The van der Waals surface area contributed by atoms with Crippen LogP contribution in [0.25, 0.3) is 0 Å². The van der Waals surface area contributed by atoms with E-state index in [9.17, 15) is 8.42 Å². The van der Waals surface area contributed by atoms with Gasteiger partial charge >= 0.3 is 0 Å². The van der Waals surface area contributed by atoms with Crippen molar-refractivity contribution in [2.45, 2.75) is 11.4 Å². The van der Waals surface area contributed by atoms with E-state index in [0.717, 1.165) is 6.54 Å². The van der Waals surface area contributed by atoms with Crippen molar-refractivity contribution >= 4 is 10.0 Å². The number of rotatable bonds is 8. The van der Waals surface area contributed by atoms with E-state index in [0.29, 0.717) is 19.7 Å². The van der Waals surface area contributed by atoms with Gasteiger partial charge in [-0.2, -0.15) is 9.40 Å². The van der Waals surface area contributed by atoms with Crippen LogP contribution >= 0.6 is 0 Å². The third-order valence-corrected chi connectivity index (χ3v) is 4.33. The highest BCUT2D eigenvalue weighted by Gasteiger charge is 2.22. The molecule has 0 saturated heterocycles. The topological polar surface area (TPSA) is 76.5 Å². The van der Waals surface area contributed by atoms with Crippen molar-refractivity contribution in [3.05, 3.63) is 12.4 Å². The highest BCUT2D eigenvalue weighted by Crippen LogP contribution is 2.12. The van der Waals surface area contributed by atoms with Crippen LogP contribution in [0.2, 0.25) is 0 Å². The van der Waals surface area contributed by atoms with E-state index in [-0.39, 0.29) is 4.90 Å². The summed E-state index contributed by atoms with van der Waals surface area (Å²) in [5.74, 6) is 0. The predicted molar refractivity (Wildman–Crippen MR) is 67.8 cm³/mol. The maximum atomic E-state index is 12.1. The fraction of sp³-hybridized carbons (Fsp3) is 0.700. The highest BCUT2D eigenvalue weighted by molar-refractivity contribution is 7.89. The van der Waals surface area contributed by atoms with E-state index in [1.54, 1.807) is 4.68 Å². The summed E-state index contributed by atoms with van der Waals surface area (Å²) in [5, 5.41) is 7.00. The van der Waals surface area contributed by atoms with Crippen molar-refractivity contribution in [3.63, 3.8) is 0 Å². The maximum absolute atomic E-state index is 12.1. The van der Waals surface area contributed by atoms with Crippen LogP contribution in [0.3, 0.4) is 0 Å². The van der Waals surface area contributed by atoms with Gasteiger partial charge in [0.05, 0.1) is 19.3 Å². The molecule has 0 bridgehead atoms. The minimum Gasteiger partial charge on any atom is -0.383 e. The van der Waals surface area contributed by atoms with Crippen LogP contribution in [-0.2, 0) is 21.3 Å². The first-order valence-corrected chi connectivity index (χ1v) is 7.08. The normalized spacial score (nSPS) is 12.2. The van der Waals surface area contributed by atoms with Crippen molar-refractivity contribution in [2.75, 3.05) is 40.9 Å². The third-order valence-electron chi connectivity index (χ3n) is 2.52. The molecule has 0 aliphatic carbocycles. The minimum atomic E-state index is -3.47. The number of hydrogen-bond acceptors (Lipinski definition) is 5. The molecule has 1 aromatic rings. The molecule has 1 rings (SSSR count). The molecular weight excluding hydrogens is 256 g/mol.